The maximum Gasteiger partial charge on any atom is 0.360 e. The van der Waals surface area contributed by atoms with Crippen molar-refractivity contribution in [2.24, 2.45) is 12.5 Å². The molecule has 1 N–H and O–H groups in total. The van der Waals surface area contributed by atoms with Crippen molar-refractivity contribution in [2.75, 3.05) is 6.26 Å². The van der Waals surface area contributed by atoms with Crippen LogP contribution >= 0.6 is 0 Å². The van der Waals surface area contributed by atoms with Crippen LogP contribution in [-0.4, -0.2) is 31.3 Å². The van der Waals surface area contributed by atoms with Crippen molar-refractivity contribution in [1.29, 1.82) is 0 Å². The molecule has 8 heteroatoms. The summed E-state index contributed by atoms with van der Waals surface area (Å²) in [6.45, 7) is 8.75. The van der Waals surface area contributed by atoms with Gasteiger partial charge < -0.3 is 9.88 Å². The predicted octanol–water partition coefficient (Wildman–Crippen LogP) is 3.21. The first-order chi connectivity index (χ1) is 12.9. The first kappa shape index (κ1) is 22.4. The molecule has 0 spiro atoms. The Morgan fingerprint density at radius 3 is 2.54 bits per heavy atom. The molecular weight excluding hydrogens is 380 g/mol. The summed E-state index contributed by atoms with van der Waals surface area (Å²) in [5.41, 5.74) is 3.40. The topological polar surface area (TPSA) is 86.6 Å². The molecule has 0 amide bonds. The zero-order chi connectivity index (χ0) is 21.1. The van der Waals surface area contributed by atoms with Gasteiger partial charge in [0.2, 0.25) is 0 Å². The van der Waals surface area contributed by atoms with Crippen LogP contribution in [0.3, 0.4) is 0 Å². The van der Waals surface area contributed by atoms with E-state index in [1.54, 1.807) is 0 Å². The molecule has 0 aliphatic rings. The molecule has 1 aromatic heterocycles. The number of aromatic nitrogens is 1. The zero-order valence-electron chi connectivity index (χ0n) is 17.4. The highest BCUT2D eigenvalue weighted by atomic mass is 32.2. The number of nitrogens with zero attached hydrogens (tertiary/aromatic N) is 1. The lowest BCUT2D eigenvalue weighted by Gasteiger charge is -2.22. The minimum atomic E-state index is -3.87. The molecule has 0 aliphatic heterocycles. The van der Waals surface area contributed by atoms with E-state index in [2.05, 4.69) is 58.9 Å². The molecule has 1 heterocycles. The Balaban J connectivity index is 2.15. The fraction of sp³-hybridized carbons (Fsp3) is 0.550. The third-order valence-electron chi connectivity index (χ3n) is 4.57. The molecular formula is C20H30N2O5S. The second kappa shape index (κ2) is 8.63. The van der Waals surface area contributed by atoms with Crippen LogP contribution in [0.25, 0.3) is 10.9 Å². The molecule has 0 aliphatic carbocycles. The maximum atomic E-state index is 12.4. The van der Waals surface area contributed by atoms with Crippen LogP contribution in [0.1, 0.15) is 44.7 Å². The van der Waals surface area contributed by atoms with E-state index < -0.39 is 22.1 Å². The van der Waals surface area contributed by atoms with E-state index in [1.165, 1.54) is 5.56 Å². The third-order valence-corrected chi connectivity index (χ3v) is 4.89. The fourth-order valence-corrected chi connectivity index (χ4v) is 3.29. The standard InChI is InChI=1S/C20H30N2O5S/c1-14-7-8-15(16-10-12-22(5)18(14)16)13-21-17(9-11-20(2,3)4)19(23)26-27-28(6,24)25/h7-8,10,12,17,21H,9,11,13H2,1-6H3/t17-/m0/s1. The van der Waals surface area contributed by atoms with Gasteiger partial charge in [0.1, 0.15) is 6.04 Å². The second-order valence-corrected chi connectivity index (χ2v) is 9.98. The minimum Gasteiger partial charge on any atom is -0.350 e. The molecule has 1 atom stereocenters. The number of fused-ring (bicyclic) bond motifs is 1. The van der Waals surface area contributed by atoms with E-state index in [-0.39, 0.29) is 5.41 Å². The average molecular weight is 411 g/mol. The highest BCUT2D eigenvalue weighted by molar-refractivity contribution is 7.85. The Labute approximate surface area is 167 Å². The van der Waals surface area contributed by atoms with E-state index in [0.29, 0.717) is 13.0 Å². The van der Waals surface area contributed by atoms with Gasteiger partial charge in [-0.1, -0.05) is 37.2 Å². The number of carbonyl (C=O) groups is 1. The van der Waals surface area contributed by atoms with E-state index in [0.717, 1.165) is 29.1 Å². The summed E-state index contributed by atoms with van der Waals surface area (Å²) >= 11 is 0. The molecule has 0 radical (unpaired) electrons. The van der Waals surface area contributed by atoms with E-state index in [9.17, 15) is 13.2 Å². The third kappa shape index (κ3) is 6.32. The first-order valence-corrected chi connectivity index (χ1v) is 11.1. The number of nitrogens with one attached hydrogen (secondary N) is 1. The van der Waals surface area contributed by atoms with Crippen LogP contribution in [0, 0.1) is 12.3 Å². The van der Waals surface area contributed by atoms with Crippen molar-refractivity contribution in [3.05, 3.63) is 35.5 Å². The van der Waals surface area contributed by atoms with E-state index >= 15 is 0 Å². The number of hydrogen-bond donors (Lipinski definition) is 1. The van der Waals surface area contributed by atoms with Gasteiger partial charge in [-0.05, 0) is 42.4 Å². The van der Waals surface area contributed by atoms with Gasteiger partial charge in [-0.25, -0.2) is 4.79 Å². The summed E-state index contributed by atoms with van der Waals surface area (Å²) in [6, 6.07) is 5.45. The van der Waals surface area contributed by atoms with Gasteiger partial charge in [-0.15, -0.1) is 0 Å². The van der Waals surface area contributed by atoms with Crippen molar-refractivity contribution >= 4 is 27.0 Å². The normalized spacial score (nSPS) is 13.6. The van der Waals surface area contributed by atoms with Crippen LogP contribution < -0.4 is 5.32 Å². The molecule has 7 nitrogen and oxygen atoms in total. The summed E-state index contributed by atoms with van der Waals surface area (Å²) in [5, 5.41) is 4.32. The van der Waals surface area contributed by atoms with Crippen molar-refractivity contribution in [1.82, 2.24) is 9.88 Å². The number of aryl methyl sites for hydroxylation is 2. The number of hydrogen-bond acceptors (Lipinski definition) is 6. The Bertz CT molecular complexity index is 941. The lowest BCUT2D eigenvalue weighted by atomic mass is 9.88. The summed E-state index contributed by atoms with van der Waals surface area (Å²) in [7, 11) is -1.87. The summed E-state index contributed by atoms with van der Waals surface area (Å²) in [4.78, 5) is 16.9. The predicted molar refractivity (Wildman–Crippen MR) is 109 cm³/mol. The van der Waals surface area contributed by atoms with E-state index in [1.807, 2.05) is 19.3 Å². The van der Waals surface area contributed by atoms with Crippen molar-refractivity contribution in [2.45, 2.75) is 53.1 Å². The number of benzene rings is 1. The lowest BCUT2D eigenvalue weighted by Crippen LogP contribution is -2.38. The van der Waals surface area contributed by atoms with Gasteiger partial charge in [0.25, 0.3) is 10.1 Å². The van der Waals surface area contributed by atoms with Gasteiger partial charge in [0, 0.05) is 25.2 Å². The van der Waals surface area contributed by atoms with Crippen LogP contribution in [-0.2, 0) is 37.7 Å². The van der Waals surface area contributed by atoms with Crippen molar-refractivity contribution in [3.8, 4) is 0 Å². The summed E-state index contributed by atoms with van der Waals surface area (Å²) in [5.74, 6) is -0.744. The van der Waals surface area contributed by atoms with Gasteiger partial charge in [0.15, 0.2) is 0 Å². The molecule has 28 heavy (non-hydrogen) atoms. The average Bonchev–Trinajstić information content (AvgIpc) is 2.96. The fourth-order valence-electron chi connectivity index (χ4n) is 3.10. The van der Waals surface area contributed by atoms with Gasteiger partial charge in [-0.2, -0.15) is 8.42 Å². The van der Waals surface area contributed by atoms with Crippen molar-refractivity contribution in [3.63, 3.8) is 0 Å². The minimum absolute atomic E-state index is 0.0223. The Morgan fingerprint density at radius 1 is 1.25 bits per heavy atom. The van der Waals surface area contributed by atoms with E-state index in [4.69, 9.17) is 0 Å². The SMILES string of the molecule is Cc1ccc(CN[C@@H](CCC(C)(C)C)C(=O)OOS(C)(=O)=O)c2ccn(C)c12. The van der Waals surface area contributed by atoms with Crippen LogP contribution in [0.4, 0.5) is 0 Å². The quantitative estimate of drug-likeness (QED) is 0.531. The molecule has 2 rings (SSSR count). The molecule has 0 fully saturated rings. The maximum absolute atomic E-state index is 12.4. The smallest absolute Gasteiger partial charge is 0.350 e. The van der Waals surface area contributed by atoms with Crippen molar-refractivity contribution < 1.29 is 22.4 Å². The monoisotopic (exact) mass is 410 g/mol. The number of rotatable bonds is 8. The highest BCUT2D eigenvalue weighted by Gasteiger charge is 2.25. The molecule has 0 saturated carbocycles. The summed E-state index contributed by atoms with van der Waals surface area (Å²) < 4.78 is 28.5. The van der Waals surface area contributed by atoms with Gasteiger partial charge in [0.05, 0.1) is 11.8 Å². The zero-order valence-corrected chi connectivity index (χ0v) is 18.2. The van der Waals surface area contributed by atoms with Crippen LogP contribution in [0.2, 0.25) is 0 Å². The summed E-state index contributed by atoms with van der Waals surface area (Å²) in [6.07, 6.45) is 4.09. The molecule has 0 unspecified atom stereocenters. The molecule has 0 saturated heterocycles. The van der Waals surface area contributed by atoms with Gasteiger partial charge >= 0.3 is 5.97 Å². The van der Waals surface area contributed by atoms with Crippen LogP contribution in [0.15, 0.2) is 24.4 Å². The second-order valence-electron chi connectivity index (χ2n) is 8.44. The Morgan fingerprint density at radius 2 is 1.93 bits per heavy atom. The molecule has 0 bridgehead atoms. The first-order valence-electron chi connectivity index (χ1n) is 9.24. The molecule has 156 valence electrons. The molecule has 2 aromatic rings. The van der Waals surface area contributed by atoms with Crippen LogP contribution in [0.5, 0.6) is 0 Å². The Hall–Kier alpha value is -1.90. The Kier molecular flexibility index (Phi) is 6.90. The molecule has 1 aromatic carbocycles. The largest absolute Gasteiger partial charge is 0.360 e. The lowest BCUT2D eigenvalue weighted by molar-refractivity contribution is -0.213. The highest BCUT2D eigenvalue weighted by Crippen LogP contribution is 2.25. The number of carbonyl (C=O) groups excluding carboxylic acids is 1. The van der Waals surface area contributed by atoms with Gasteiger partial charge in [-0.3, -0.25) is 4.89 Å².